The molecule has 0 radical (unpaired) electrons. The fraction of sp³-hybridized carbons (Fsp3) is 0.304. The molecule has 1 aliphatic heterocycles. The predicted octanol–water partition coefficient (Wildman–Crippen LogP) is 4.84. The van der Waals surface area contributed by atoms with Crippen LogP contribution in [0.5, 0.6) is 0 Å². The molecule has 2 atom stereocenters. The molecule has 156 valence electrons. The van der Waals surface area contributed by atoms with Gasteiger partial charge in [-0.3, -0.25) is 4.98 Å². The molecule has 7 heteroatoms. The van der Waals surface area contributed by atoms with Crippen LogP contribution in [0.1, 0.15) is 29.1 Å². The number of thiocarbonyl (C=S) groups is 1. The molecule has 0 spiro atoms. The first kappa shape index (κ1) is 20.8. The van der Waals surface area contributed by atoms with E-state index in [9.17, 15) is 0 Å². The van der Waals surface area contributed by atoms with Crippen LogP contribution in [0.15, 0.2) is 59.1 Å². The standard InChI is InChI=1S/C23H25ClN4OS/c1-15-7-8-16(24)14-17(15)19-9-10-20(29-19)22-21(18-6-4-5-11-25-18)26-23(30)28(22)13-12-27(2)3/h4-11,14,21-22H,12-13H2,1-3H3,(H,26,30)/t21-,22-/m1/s1. The highest BCUT2D eigenvalue weighted by atomic mass is 35.5. The van der Waals surface area contributed by atoms with Gasteiger partial charge in [-0.05, 0) is 75.2 Å². The van der Waals surface area contributed by atoms with Gasteiger partial charge in [0.1, 0.15) is 17.6 Å². The van der Waals surface area contributed by atoms with Gasteiger partial charge in [0.25, 0.3) is 0 Å². The van der Waals surface area contributed by atoms with Crippen molar-refractivity contribution in [2.24, 2.45) is 0 Å². The minimum Gasteiger partial charge on any atom is -0.459 e. The van der Waals surface area contributed by atoms with Crippen molar-refractivity contribution in [2.45, 2.75) is 19.0 Å². The first-order valence-corrected chi connectivity index (χ1v) is 10.7. The van der Waals surface area contributed by atoms with Crippen molar-refractivity contribution in [3.05, 3.63) is 76.8 Å². The summed E-state index contributed by atoms with van der Waals surface area (Å²) in [6.45, 7) is 3.73. The number of nitrogens with one attached hydrogen (secondary N) is 1. The minimum absolute atomic E-state index is 0.0828. The van der Waals surface area contributed by atoms with Crippen LogP contribution in [0.3, 0.4) is 0 Å². The molecule has 1 saturated heterocycles. The lowest BCUT2D eigenvalue weighted by Gasteiger charge is -2.27. The summed E-state index contributed by atoms with van der Waals surface area (Å²) >= 11 is 11.9. The lowest BCUT2D eigenvalue weighted by molar-refractivity contribution is 0.250. The Kier molecular flexibility index (Phi) is 6.09. The number of hydrogen-bond donors (Lipinski definition) is 1. The number of halogens is 1. The monoisotopic (exact) mass is 440 g/mol. The molecule has 0 amide bonds. The summed E-state index contributed by atoms with van der Waals surface area (Å²) in [6.07, 6.45) is 1.81. The highest BCUT2D eigenvalue weighted by Gasteiger charge is 2.41. The van der Waals surface area contributed by atoms with Gasteiger partial charge in [-0.1, -0.05) is 23.7 Å². The van der Waals surface area contributed by atoms with E-state index in [0.717, 1.165) is 46.5 Å². The lowest BCUT2D eigenvalue weighted by atomic mass is 10.0. The zero-order valence-electron chi connectivity index (χ0n) is 17.3. The van der Waals surface area contributed by atoms with Crippen LogP contribution in [-0.2, 0) is 0 Å². The number of pyridine rings is 1. The van der Waals surface area contributed by atoms with Gasteiger partial charge in [-0.15, -0.1) is 0 Å². The number of aromatic nitrogens is 1. The summed E-state index contributed by atoms with van der Waals surface area (Å²) in [6, 6.07) is 15.7. The molecule has 4 rings (SSSR count). The maximum atomic E-state index is 6.39. The molecule has 1 N–H and O–H groups in total. The van der Waals surface area contributed by atoms with Gasteiger partial charge >= 0.3 is 0 Å². The van der Waals surface area contributed by atoms with Crippen LogP contribution < -0.4 is 5.32 Å². The third kappa shape index (κ3) is 4.21. The number of rotatable bonds is 6. The van der Waals surface area contributed by atoms with Crippen molar-refractivity contribution in [3.63, 3.8) is 0 Å². The van der Waals surface area contributed by atoms with E-state index in [1.54, 1.807) is 0 Å². The van der Waals surface area contributed by atoms with Gasteiger partial charge in [-0.2, -0.15) is 0 Å². The van der Waals surface area contributed by atoms with E-state index in [0.29, 0.717) is 5.02 Å². The third-order valence-electron chi connectivity index (χ3n) is 5.37. The van der Waals surface area contributed by atoms with Gasteiger partial charge < -0.3 is 19.5 Å². The second kappa shape index (κ2) is 8.76. The van der Waals surface area contributed by atoms with Crippen molar-refractivity contribution in [1.29, 1.82) is 0 Å². The molecule has 30 heavy (non-hydrogen) atoms. The lowest BCUT2D eigenvalue weighted by Crippen LogP contribution is -2.35. The fourth-order valence-electron chi connectivity index (χ4n) is 3.78. The highest BCUT2D eigenvalue weighted by Crippen LogP contribution is 2.40. The molecular weight excluding hydrogens is 416 g/mol. The predicted molar refractivity (Wildman–Crippen MR) is 125 cm³/mol. The smallest absolute Gasteiger partial charge is 0.170 e. The zero-order chi connectivity index (χ0) is 21.3. The molecule has 1 aliphatic rings. The second-order valence-electron chi connectivity index (χ2n) is 7.78. The van der Waals surface area contributed by atoms with E-state index in [1.807, 2.05) is 54.7 Å². The van der Waals surface area contributed by atoms with E-state index in [-0.39, 0.29) is 12.1 Å². The van der Waals surface area contributed by atoms with Crippen LogP contribution in [0, 0.1) is 6.92 Å². The van der Waals surface area contributed by atoms with Gasteiger partial charge in [0.2, 0.25) is 0 Å². The van der Waals surface area contributed by atoms with Gasteiger partial charge in [0, 0.05) is 29.9 Å². The van der Waals surface area contributed by atoms with Crippen LogP contribution >= 0.6 is 23.8 Å². The number of likely N-dealkylation sites (N-methyl/N-ethyl adjacent to an activating group) is 1. The molecule has 0 unspecified atom stereocenters. The number of nitrogens with zero attached hydrogens (tertiary/aromatic N) is 3. The van der Waals surface area contributed by atoms with Crippen LogP contribution in [0.25, 0.3) is 11.3 Å². The van der Waals surface area contributed by atoms with Crippen LogP contribution in [0.4, 0.5) is 0 Å². The van der Waals surface area contributed by atoms with Crippen LogP contribution in [0.2, 0.25) is 5.02 Å². The van der Waals surface area contributed by atoms with Crippen molar-refractivity contribution in [2.75, 3.05) is 27.2 Å². The summed E-state index contributed by atoms with van der Waals surface area (Å²) in [5.74, 6) is 1.65. The Hall–Kier alpha value is -2.41. The molecule has 3 heterocycles. The van der Waals surface area contributed by atoms with Crippen molar-refractivity contribution in [1.82, 2.24) is 20.1 Å². The largest absolute Gasteiger partial charge is 0.459 e. The molecule has 1 fully saturated rings. The number of furan rings is 1. The summed E-state index contributed by atoms with van der Waals surface area (Å²) in [7, 11) is 4.12. The average Bonchev–Trinajstić information content (AvgIpc) is 3.33. The minimum atomic E-state index is -0.0830. The first-order chi connectivity index (χ1) is 14.4. The number of benzene rings is 1. The van der Waals surface area contributed by atoms with E-state index in [1.165, 1.54) is 0 Å². The Labute approximate surface area is 187 Å². The molecule has 1 aromatic carbocycles. The van der Waals surface area contributed by atoms with E-state index in [4.69, 9.17) is 28.2 Å². The molecule has 3 aromatic rings. The van der Waals surface area contributed by atoms with Gasteiger partial charge in [-0.25, -0.2) is 0 Å². The van der Waals surface area contributed by atoms with E-state index in [2.05, 4.69) is 41.1 Å². The topological polar surface area (TPSA) is 44.5 Å². The van der Waals surface area contributed by atoms with E-state index >= 15 is 0 Å². The van der Waals surface area contributed by atoms with E-state index < -0.39 is 0 Å². The molecule has 0 saturated carbocycles. The summed E-state index contributed by atoms with van der Waals surface area (Å²) in [5, 5.41) is 4.87. The Morgan fingerprint density at radius 1 is 1.20 bits per heavy atom. The quantitative estimate of drug-likeness (QED) is 0.553. The molecule has 5 nitrogen and oxygen atoms in total. The number of hydrogen-bond acceptors (Lipinski definition) is 4. The third-order valence-corrected chi connectivity index (χ3v) is 5.96. The van der Waals surface area contributed by atoms with Crippen molar-refractivity contribution in [3.8, 4) is 11.3 Å². The molecule has 0 bridgehead atoms. The van der Waals surface area contributed by atoms with Crippen molar-refractivity contribution < 1.29 is 4.42 Å². The van der Waals surface area contributed by atoms with Gasteiger partial charge in [0.05, 0.1) is 11.7 Å². The van der Waals surface area contributed by atoms with Crippen molar-refractivity contribution >= 4 is 28.9 Å². The maximum absolute atomic E-state index is 6.39. The molecule has 0 aliphatic carbocycles. The van der Waals surface area contributed by atoms with Crippen LogP contribution in [-0.4, -0.2) is 47.1 Å². The SMILES string of the molecule is Cc1ccc(Cl)cc1-c1ccc([C@@H]2[C@@H](c3ccccn3)NC(=S)N2CCN(C)C)o1. The average molecular weight is 441 g/mol. The van der Waals surface area contributed by atoms with Gasteiger partial charge in [0.15, 0.2) is 5.11 Å². The maximum Gasteiger partial charge on any atom is 0.170 e. The normalized spacial score (nSPS) is 18.8. The Morgan fingerprint density at radius 3 is 2.77 bits per heavy atom. The summed E-state index contributed by atoms with van der Waals surface area (Å²) in [4.78, 5) is 8.92. The second-order valence-corrected chi connectivity index (χ2v) is 8.61. The highest BCUT2D eigenvalue weighted by molar-refractivity contribution is 7.80. The summed E-state index contributed by atoms with van der Waals surface area (Å²) in [5.41, 5.74) is 3.05. The Balaban J connectivity index is 1.72. The molecule has 2 aromatic heterocycles. The summed E-state index contributed by atoms with van der Waals surface area (Å²) < 4.78 is 6.39. The molecular formula is C23H25ClN4OS. The number of aryl methyl sites for hydroxylation is 1. The first-order valence-electron chi connectivity index (χ1n) is 9.93. The fourth-order valence-corrected chi connectivity index (χ4v) is 4.28. The Morgan fingerprint density at radius 2 is 2.03 bits per heavy atom. The Bertz CT molecular complexity index is 1040. The zero-order valence-corrected chi connectivity index (χ0v) is 18.9.